The third kappa shape index (κ3) is 4.21. The maximum Gasteiger partial charge on any atom is 0.329 e. The molecule has 1 aliphatic rings. The number of hydrogen-bond acceptors (Lipinski definition) is 7. The largest absolute Gasteiger partial charge is 0.348 e. The normalized spacial score (nSPS) is 14.4. The lowest BCUT2D eigenvalue weighted by Gasteiger charge is -2.34. The summed E-state index contributed by atoms with van der Waals surface area (Å²) in [5, 5.41) is 23.0. The zero-order valence-corrected chi connectivity index (χ0v) is 14.8. The number of carbonyl (C=O) groups excluding carboxylic acids is 1. The van der Waals surface area contributed by atoms with Crippen LogP contribution in [0.25, 0.3) is 0 Å². The smallest absolute Gasteiger partial charge is 0.329 e. The Morgan fingerprint density at radius 3 is 2.64 bits per heavy atom. The number of para-hydroxylation sites is 1. The van der Waals surface area contributed by atoms with Gasteiger partial charge in [-0.3, -0.25) is 19.8 Å². The van der Waals surface area contributed by atoms with E-state index in [1.54, 1.807) is 17.0 Å². The number of nitro groups is 1. The number of piperazine rings is 1. The molecule has 3 rings (SSSR count). The second-order valence-electron chi connectivity index (χ2n) is 6.19. The number of benzene rings is 1. The minimum Gasteiger partial charge on any atom is -0.348 e. The van der Waals surface area contributed by atoms with Crippen LogP contribution < -0.4 is 10.2 Å². The number of aromatic nitrogens is 1. The summed E-state index contributed by atoms with van der Waals surface area (Å²) in [5.41, 5.74) is -0.225. The van der Waals surface area contributed by atoms with E-state index in [0.29, 0.717) is 26.2 Å². The standard InChI is InChI=1S/C18H17FN6O3/c19-14-3-1-2-4-15(14)22-16(26)12-23-7-9-24(10-8-23)18-17(25(27)28)13(11-20)5-6-21-18/h1-6H,7-10,12H2,(H,22,26). The van der Waals surface area contributed by atoms with Crippen LogP contribution in [-0.4, -0.2) is 53.4 Å². The molecule has 1 saturated heterocycles. The van der Waals surface area contributed by atoms with Gasteiger partial charge >= 0.3 is 5.69 Å². The van der Waals surface area contributed by atoms with Crippen molar-refractivity contribution in [2.24, 2.45) is 0 Å². The Morgan fingerprint density at radius 2 is 2.00 bits per heavy atom. The maximum atomic E-state index is 13.6. The van der Waals surface area contributed by atoms with Crippen LogP contribution >= 0.6 is 0 Å². The Labute approximate surface area is 160 Å². The number of amides is 1. The summed E-state index contributed by atoms with van der Waals surface area (Å²) < 4.78 is 13.6. The zero-order valence-electron chi connectivity index (χ0n) is 14.8. The molecule has 0 radical (unpaired) electrons. The highest BCUT2D eigenvalue weighted by molar-refractivity contribution is 5.92. The van der Waals surface area contributed by atoms with Gasteiger partial charge < -0.3 is 10.2 Å². The molecule has 0 atom stereocenters. The SMILES string of the molecule is N#Cc1ccnc(N2CCN(CC(=O)Nc3ccccc3F)CC2)c1[N+](=O)[O-]. The molecule has 9 nitrogen and oxygen atoms in total. The van der Waals surface area contributed by atoms with Crippen molar-refractivity contribution in [3.05, 3.63) is 58.0 Å². The van der Waals surface area contributed by atoms with Gasteiger partial charge in [0.2, 0.25) is 11.7 Å². The van der Waals surface area contributed by atoms with E-state index in [2.05, 4.69) is 10.3 Å². The molecule has 0 aliphatic carbocycles. The van der Waals surface area contributed by atoms with E-state index in [-0.39, 0.29) is 35.2 Å². The van der Waals surface area contributed by atoms with Gasteiger partial charge in [0, 0.05) is 32.4 Å². The molecule has 2 heterocycles. The second kappa shape index (κ2) is 8.41. The van der Waals surface area contributed by atoms with Crippen LogP contribution in [0.5, 0.6) is 0 Å². The number of rotatable bonds is 5. The van der Waals surface area contributed by atoms with E-state index in [1.165, 1.54) is 24.4 Å². The van der Waals surface area contributed by atoms with E-state index in [9.17, 15) is 19.3 Å². The summed E-state index contributed by atoms with van der Waals surface area (Å²) in [5.74, 6) is -0.690. The van der Waals surface area contributed by atoms with Crippen molar-refractivity contribution in [2.45, 2.75) is 0 Å². The molecule has 0 saturated carbocycles. The number of pyridine rings is 1. The maximum absolute atomic E-state index is 13.6. The van der Waals surface area contributed by atoms with Crippen molar-refractivity contribution >= 4 is 23.1 Å². The first kappa shape index (κ1) is 19.2. The number of hydrogen-bond donors (Lipinski definition) is 1. The van der Waals surface area contributed by atoms with E-state index in [1.807, 2.05) is 11.0 Å². The van der Waals surface area contributed by atoms with Gasteiger partial charge in [0.15, 0.2) is 0 Å². The number of halogens is 1. The van der Waals surface area contributed by atoms with Crippen molar-refractivity contribution in [3.63, 3.8) is 0 Å². The predicted octanol–water partition coefficient (Wildman–Crippen LogP) is 1.76. The van der Waals surface area contributed by atoms with Crippen LogP contribution in [0.4, 0.5) is 21.6 Å². The van der Waals surface area contributed by atoms with Gasteiger partial charge in [0.25, 0.3) is 0 Å². The summed E-state index contributed by atoms with van der Waals surface area (Å²) in [6.07, 6.45) is 1.37. The Hall–Kier alpha value is -3.58. The fourth-order valence-electron chi connectivity index (χ4n) is 3.02. The van der Waals surface area contributed by atoms with Crippen LogP contribution in [0, 0.1) is 27.3 Å². The van der Waals surface area contributed by atoms with Gasteiger partial charge in [-0.15, -0.1) is 0 Å². The molecule has 1 N–H and O–H groups in total. The van der Waals surface area contributed by atoms with E-state index >= 15 is 0 Å². The average molecular weight is 384 g/mol. The third-order valence-electron chi connectivity index (χ3n) is 4.39. The molecular formula is C18H17FN6O3. The number of anilines is 2. The number of carbonyl (C=O) groups is 1. The molecule has 28 heavy (non-hydrogen) atoms. The Morgan fingerprint density at radius 1 is 1.29 bits per heavy atom. The molecule has 1 aromatic heterocycles. The highest BCUT2D eigenvalue weighted by Crippen LogP contribution is 2.29. The third-order valence-corrected chi connectivity index (χ3v) is 4.39. The lowest BCUT2D eigenvalue weighted by atomic mass is 10.2. The molecule has 1 aromatic carbocycles. The van der Waals surface area contributed by atoms with Gasteiger partial charge in [-0.25, -0.2) is 9.37 Å². The molecule has 1 amide bonds. The van der Waals surface area contributed by atoms with Gasteiger partial charge in [-0.05, 0) is 18.2 Å². The van der Waals surface area contributed by atoms with Crippen LogP contribution in [-0.2, 0) is 4.79 Å². The topological polar surface area (TPSA) is 115 Å². The second-order valence-corrected chi connectivity index (χ2v) is 6.19. The van der Waals surface area contributed by atoms with Crippen molar-refractivity contribution in [1.82, 2.24) is 9.88 Å². The van der Waals surface area contributed by atoms with Gasteiger partial charge in [-0.1, -0.05) is 12.1 Å². The first-order chi connectivity index (χ1) is 13.5. The van der Waals surface area contributed by atoms with Gasteiger partial charge in [0.05, 0.1) is 17.2 Å². The first-order valence-electron chi connectivity index (χ1n) is 8.54. The number of nitriles is 1. The minimum absolute atomic E-state index is 0.0401. The van der Waals surface area contributed by atoms with Crippen molar-refractivity contribution < 1.29 is 14.1 Å². The number of nitrogens with one attached hydrogen (secondary N) is 1. The molecular weight excluding hydrogens is 367 g/mol. The molecule has 1 fully saturated rings. The zero-order chi connectivity index (χ0) is 20.1. The Balaban J connectivity index is 1.61. The molecule has 0 bridgehead atoms. The average Bonchev–Trinajstić information content (AvgIpc) is 2.69. The molecule has 10 heteroatoms. The summed E-state index contributed by atoms with van der Waals surface area (Å²) in [6.45, 7) is 1.85. The lowest BCUT2D eigenvalue weighted by molar-refractivity contribution is -0.384. The molecule has 144 valence electrons. The van der Waals surface area contributed by atoms with E-state index < -0.39 is 10.7 Å². The van der Waals surface area contributed by atoms with Crippen LogP contribution in [0.1, 0.15) is 5.56 Å². The molecule has 2 aromatic rings. The Kier molecular flexibility index (Phi) is 5.76. The fourth-order valence-corrected chi connectivity index (χ4v) is 3.02. The quantitative estimate of drug-likeness (QED) is 0.617. The predicted molar refractivity (Wildman–Crippen MR) is 99.3 cm³/mol. The van der Waals surface area contributed by atoms with Gasteiger partial charge in [-0.2, -0.15) is 5.26 Å². The van der Waals surface area contributed by atoms with Crippen molar-refractivity contribution in [1.29, 1.82) is 5.26 Å². The molecule has 0 unspecified atom stereocenters. The highest BCUT2D eigenvalue weighted by atomic mass is 19.1. The summed E-state index contributed by atoms with van der Waals surface area (Å²) >= 11 is 0. The van der Waals surface area contributed by atoms with E-state index in [0.717, 1.165) is 0 Å². The Bertz CT molecular complexity index is 937. The first-order valence-corrected chi connectivity index (χ1v) is 8.54. The summed E-state index contributed by atoms with van der Waals surface area (Å²) in [6, 6.07) is 9.05. The summed E-state index contributed by atoms with van der Waals surface area (Å²) in [7, 11) is 0. The molecule has 1 aliphatic heterocycles. The van der Waals surface area contributed by atoms with Crippen LogP contribution in [0.3, 0.4) is 0 Å². The van der Waals surface area contributed by atoms with Crippen LogP contribution in [0.15, 0.2) is 36.5 Å². The van der Waals surface area contributed by atoms with Crippen molar-refractivity contribution in [3.8, 4) is 6.07 Å². The van der Waals surface area contributed by atoms with E-state index in [4.69, 9.17) is 5.26 Å². The fraction of sp³-hybridized carbons (Fsp3) is 0.278. The molecule has 0 spiro atoms. The highest BCUT2D eigenvalue weighted by Gasteiger charge is 2.28. The monoisotopic (exact) mass is 384 g/mol. The van der Waals surface area contributed by atoms with Gasteiger partial charge in [0.1, 0.15) is 17.4 Å². The van der Waals surface area contributed by atoms with Crippen LogP contribution in [0.2, 0.25) is 0 Å². The van der Waals surface area contributed by atoms with Crippen molar-refractivity contribution in [2.75, 3.05) is 42.9 Å². The minimum atomic E-state index is -0.602. The lowest BCUT2D eigenvalue weighted by Crippen LogP contribution is -2.49. The number of nitrogens with zero attached hydrogens (tertiary/aromatic N) is 5. The summed E-state index contributed by atoms with van der Waals surface area (Å²) in [4.78, 5) is 30.6.